The maximum absolute atomic E-state index is 12.0. The van der Waals surface area contributed by atoms with Crippen LogP contribution in [0.25, 0.3) is 0 Å². The van der Waals surface area contributed by atoms with Crippen molar-refractivity contribution < 1.29 is 19.1 Å². The predicted octanol–water partition coefficient (Wildman–Crippen LogP) is 4.31. The van der Waals surface area contributed by atoms with Gasteiger partial charge in [0.05, 0.1) is 12.7 Å². The van der Waals surface area contributed by atoms with Crippen LogP contribution in [0.3, 0.4) is 0 Å². The van der Waals surface area contributed by atoms with Crippen LogP contribution in [-0.2, 0) is 9.53 Å². The van der Waals surface area contributed by atoms with Crippen molar-refractivity contribution in [3.63, 3.8) is 0 Å². The van der Waals surface area contributed by atoms with E-state index < -0.39 is 5.97 Å². The standard InChI is InChI=1S/C20H24O4/c1-3-4-5-6-9-18(21)10-7-8-11-19(22)16-12-14-17(15-13-16)20(23)24-2/h7-8,10-15H,3-6,9H2,1-2H3/b10-7+,11-8+. The van der Waals surface area contributed by atoms with E-state index in [4.69, 9.17) is 0 Å². The Morgan fingerprint density at radius 3 is 2.17 bits per heavy atom. The quantitative estimate of drug-likeness (QED) is 0.211. The van der Waals surface area contributed by atoms with Gasteiger partial charge in [-0.15, -0.1) is 0 Å². The summed E-state index contributed by atoms with van der Waals surface area (Å²) in [4.78, 5) is 34.9. The second kappa shape index (κ2) is 11.1. The summed E-state index contributed by atoms with van der Waals surface area (Å²) in [6.07, 6.45) is 10.9. The van der Waals surface area contributed by atoms with Gasteiger partial charge < -0.3 is 4.74 Å². The number of ether oxygens (including phenoxy) is 1. The van der Waals surface area contributed by atoms with E-state index >= 15 is 0 Å². The fourth-order valence-corrected chi connectivity index (χ4v) is 2.10. The summed E-state index contributed by atoms with van der Waals surface area (Å²) >= 11 is 0. The first-order valence-corrected chi connectivity index (χ1v) is 8.18. The fraction of sp³-hybridized carbons (Fsp3) is 0.350. The zero-order valence-corrected chi connectivity index (χ0v) is 14.3. The Labute approximate surface area is 143 Å². The van der Waals surface area contributed by atoms with Crippen molar-refractivity contribution in [2.75, 3.05) is 7.11 Å². The number of hydrogen-bond acceptors (Lipinski definition) is 4. The average Bonchev–Trinajstić information content (AvgIpc) is 2.61. The van der Waals surface area contributed by atoms with Crippen molar-refractivity contribution in [3.8, 4) is 0 Å². The summed E-state index contributed by atoms with van der Waals surface area (Å²) < 4.78 is 4.60. The van der Waals surface area contributed by atoms with Gasteiger partial charge in [-0.3, -0.25) is 9.59 Å². The largest absolute Gasteiger partial charge is 0.465 e. The van der Waals surface area contributed by atoms with Gasteiger partial charge in [-0.25, -0.2) is 4.79 Å². The molecular weight excluding hydrogens is 304 g/mol. The van der Waals surface area contributed by atoms with Crippen LogP contribution in [0.2, 0.25) is 0 Å². The molecule has 0 saturated heterocycles. The van der Waals surface area contributed by atoms with Crippen molar-refractivity contribution in [2.45, 2.75) is 39.0 Å². The maximum Gasteiger partial charge on any atom is 0.337 e. The highest BCUT2D eigenvalue weighted by Gasteiger charge is 2.06. The molecule has 0 bridgehead atoms. The highest BCUT2D eigenvalue weighted by atomic mass is 16.5. The van der Waals surface area contributed by atoms with Gasteiger partial charge in [0.2, 0.25) is 0 Å². The predicted molar refractivity (Wildman–Crippen MR) is 94.2 cm³/mol. The minimum atomic E-state index is -0.440. The average molecular weight is 328 g/mol. The van der Waals surface area contributed by atoms with Crippen LogP contribution in [0.1, 0.15) is 59.7 Å². The zero-order valence-electron chi connectivity index (χ0n) is 14.3. The first kappa shape index (κ1) is 19.6. The number of methoxy groups -OCH3 is 1. The van der Waals surface area contributed by atoms with E-state index in [2.05, 4.69) is 11.7 Å². The number of benzene rings is 1. The molecule has 128 valence electrons. The molecule has 1 rings (SSSR count). The van der Waals surface area contributed by atoms with Gasteiger partial charge >= 0.3 is 5.97 Å². The molecule has 0 amide bonds. The first-order valence-electron chi connectivity index (χ1n) is 8.18. The molecule has 0 heterocycles. The van der Waals surface area contributed by atoms with Crippen LogP contribution < -0.4 is 0 Å². The van der Waals surface area contributed by atoms with Crippen LogP contribution >= 0.6 is 0 Å². The molecule has 0 aliphatic carbocycles. The fourth-order valence-electron chi connectivity index (χ4n) is 2.10. The molecule has 4 nitrogen and oxygen atoms in total. The Hall–Kier alpha value is -2.49. The molecule has 24 heavy (non-hydrogen) atoms. The van der Waals surface area contributed by atoms with Crippen LogP contribution in [0.5, 0.6) is 0 Å². The number of allylic oxidation sites excluding steroid dienone is 4. The molecule has 0 N–H and O–H groups in total. The molecular formula is C20H24O4. The molecule has 0 aliphatic rings. The van der Waals surface area contributed by atoms with E-state index in [0.29, 0.717) is 17.5 Å². The number of ketones is 2. The zero-order chi connectivity index (χ0) is 17.8. The molecule has 0 aromatic heterocycles. The first-order chi connectivity index (χ1) is 11.6. The van der Waals surface area contributed by atoms with Crippen LogP contribution in [0.4, 0.5) is 0 Å². The SMILES string of the molecule is CCCCCCC(=O)/C=C/C=C/C(=O)c1ccc(C(=O)OC)cc1. The van der Waals surface area contributed by atoms with Gasteiger partial charge in [-0.05, 0) is 30.7 Å². The van der Waals surface area contributed by atoms with Gasteiger partial charge in [0.15, 0.2) is 11.6 Å². The Morgan fingerprint density at radius 2 is 1.54 bits per heavy atom. The van der Waals surface area contributed by atoms with Gasteiger partial charge in [-0.2, -0.15) is 0 Å². The summed E-state index contributed by atoms with van der Waals surface area (Å²) in [5.41, 5.74) is 0.866. The summed E-state index contributed by atoms with van der Waals surface area (Å²) in [7, 11) is 1.31. The third-order valence-electron chi connectivity index (χ3n) is 3.51. The van der Waals surface area contributed by atoms with Crippen LogP contribution in [0.15, 0.2) is 48.6 Å². The maximum atomic E-state index is 12.0. The second-order valence-corrected chi connectivity index (χ2v) is 5.43. The lowest BCUT2D eigenvalue weighted by Crippen LogP contribution is -2.02. The number of esters is 1. The van der Waals surface area contributed by atoms with Gasteiger partial charge in [0.25, 0.3) is 0 Å². The molecule has 0 aliphatic heterocycles. The van der Waals surface area contributed by atoms with Gasteiger partial charge in [0.1, 0.15) is 0 Å². The lowest BCUT2D eigenvalue weighted by molar-refractivity contribution is -0.114. The highest BCUT2D eigenvalue weighted by Crippen LogP contribution is 2.07. The van der Waals surface area contributed by atoms with E-state index in [0.717, 1.165) is 25.7 Å². The van der Waals surface area contributed by atoms with Gasteiger partial charge in [0, 0.05) is 12.0 Å². The normalized spacial score (nSPS) is 11.1. The van der Waals surface area contributed by atoms with Crippen LogP contribution in [-0.4, -0.2) is 24.6 Å². The summed E-state index contributed by atoms with van der Waals surface area (Å²) in [5, 5.41) is 0. The van der Waals surface area contributed by atoms with Crippen molar-refractivity contribution in [3.05, 3.63) is 59.7 Å². The van der Waals surface area contributed by atoms with Crippen molar-refractivity contribution in [1.82, 2.24) is 0 Å². The van der Waals surface area contributed by atoms with E-state index in [1.165, 1.54) is 19.3 Å². The van der Waals surface area contributed by atoms with E-state index in [-0.39, 0.29) is 11.6 Å². The molecule has 1 aromatic carbocycles. The van der Waals surface area contributed by atoms with E-state index in [1.807, 2.05) is 0 Å². The van der Waals surface area contributed by atoms with Crippen LogP contribution in [0, 0.1) is 0 Å². The molecule has 0 saturated carbocycles. The van der Waals surface area contributed by atoms with Crippen molar-refractivity contribution in [1.29, 1.82) is 0 Å². The molecule has 4 heteroatoms. The number of unbranched alkanes of at least 4 members (excludes halogenated alkanes) is 3. The summed E-state index contributed by atoms with van der Waals surface area (Å²) in [5.74, 6) is -0.554. The third-order valence-corrected chi connectivity index (χ3v) is 3.51. The summed E-state index contributed by atoms with van der Waals surface area (Å²) in [6, 6.07) is 6.23. The molecule has 0 radical (unpaired) electrons. The van der Waals surface area contributed by atoms with Crippen molar-refractivity contribution >= 4 is 17.5 Å². The van der Waals surface area contributed by atoms with E-state index in [9.17, 15) is 14.4 Å². The second-order valence-electron chi connectivity index (χ2n) is 5.43. The molecule has 0 unspecified atom stereocenters. The molecule has 0 spiro atoms. The monoisotopic (exact) mass is 328 g/mol. The number of rotatable bonds is 10. The Kier molecular flexibility index (Phi) is 9.05. The summed E-state index contributed by atoms with van der Waals surface area (Å²) in [6.45, 7) is 2.13. The Morgan fingerprint density at radius 1 is 0.917 bits per heavy atom. The Bertz CT molecular complexity index is 609. The lowest BCUT2D eigenvalue weighted by Gasteiger charge is -1.99. The topological polar surface area (TPSA) is 60.4 Å². The van der Waals surface area contributed by atoms with Gasteiger partial charge in [-0.1, -0.05) is 50.5 Å². The Balaban J connectivity index is 2.46. The number of carbonyl (C=O) groups is 3. The molecule has 1 aromatic rings. The molecule has 0 atom stereocenters. The smallest absolute Gasteiger partial charge is 0.337 e. The third kappa shape index (κ3) is 7.18. The molecule has 0 fully saturated rings. The highest BCUT2D eigenvalue weighted by molar-refractivity contribution is 6.05. The minimum absolute atomic E-state index is 0.0747. The lowest BCUT2D eigenvalue weighted by atomic mass is 10.1. The number of carbonyl (C=O) groups excluding carboxylic acids is 3. The van der Waals surface area contributed by atoms with Crippen molar-refractivity contribution in [2.24, 2.45) is 0 Å². The van der Waals surface area contributed by atoms with E-state index in [1.54, 1.807) is 36.4 Å². The minimum Gasteiger partial charge on any atom is -0.465 e. The number of hydrogen-bond donors (Lipinski definition) is 0.